The van der Waals surface area contributed by atoms with Gasteiger partial charge in [0.25, 0.3) is 0 Å². The third-order valence-electron chi connectivity index (χ3n) is 2.20. The number of ether oxygens (including phenoxy) is 1. The van der Waals surface area contributed by atoms with E-state index in [1.54, 1.807) is 0 Å². The molecule has 94 valence electrons. The van der Waals surface area contributed by atoms with Crippen molar-refractivity contribution in [3.05, 3.63) is 35.2 Å². The highest BCUT2D eigenvalue weighted by Crippen LogP contribution is 2.30. The number of aromatic nitrogens is 1. The summed E-state index contributed by atoms with van der Waals surface area (Å²) in [5.41, 5.74) is 6.96. The van der Waals surface area contributed by atoms with Crippen molar-refractivity contribution in [3.63, 3.8) is 0 Å². The van der Waals surface area contributed by atoms with Crippen LogP contribution in [0.5, 0.6) is 0 Å². The number of hydrogen-bond acceptors (Lipinski definition) is 6. The topological polar surface area (TPSA) is 85.4 Å². The van der Waals surface area contributed by atoms with Crippen LogP contribution in [0.25, 0.3) is 11.3 Å². The normalized spacial score (nSPS) is 10.3. The van der Waals surface area contributed by atoms with Gasteiger partial charge >= 0.3 is 5.97 Å². The summed E-state index contributed by atoms with van der Waals surface area (Å²) in [6.07, 6.45) is 0. The lowest BCUT2D eigenvalue weighted by atomic mass is 10.1. The lowest BCUT2D eigenvalue weighted by Crippen LogP contribution is -2.08. The van der Waals surface area contributed by atoms with Crippen molar-refractivity contribution in [1.82, 2.24) is 4.98 Å². The first-order valence-corrected chi connectivity index (χ1v) is 6.13. The molecule has 0 saturated carbocycles. The Bertz CT molecular complexity index is 540. The summed E-state index contributed by atoms with van der Waals surface area (Å²) in [7, 11) is 0. The Morgan fingerprint density at radius 2 is 2.11 bits per heavy atom. The number of hydrogen-bond donors (Lipinski definition) is 2. The Labute approximate surface area is 108 Å². The standard InChI is InChI=1S/C12H12N2O3S/c13-12-14-9(8-4-2-1-3-5-8)10(18-12)11(16)17-7-6-15/h1-5,15H,6-7H2,(H2,13,14). The molecular weight excluding hydrogens is 252 g/mol. The van der Waals surface area contributed by atoms with E-state index in [2.05, 4.69) is 4.98 Å². The van der Waals surface area contributed by atoms with Crippen LogP contribution in [0.3, 0.4) is 0 Å². The molecule has 1 aromatic heterocycles. The number of benzene rings is 1. The molecule has 0 unspecified atom stereocenters. The van der Waals surface area contributed by atoms with E-state index in [1.165, 1.54) is 0 Å². The summed E-state index contributed by atoms with van der Waals surface area (Å²) in [5.74, 6) is -0.517. The van der Waals surface area contributed by atoms with E-state index >= 15 is 0 Å². The fourth-order valence-electron chi connectivity index (χ4n) is 1.47. The van der Waals surface area contributed by atoms with E-state index in [0.29, 0.717) is 15.7 Å². The molecule has 0 aliphatic carbocycles. The number of thiazole rings is 1. The number of aliphatic hydroxyl groups excluding tert-OH is 1. The maximum Gasteiger partial charge on any atom is 0.350 e. The molecule has 6 heteroatoms. The Hall–Kier alpha value is -1.92. The summed E-state index contributed by atoms with van der Waals surface area (Å²) in [6.45, 7) is -0.244. The van der Waals surface area contributed by atoms with Crippen LogP contribution >= 0.6 is 11.3 Å². The molecule has 18 heavy (non-hydrogen) atoms. The summed E-state index contributed by atoms with van der Waals surface area (Å²) in [5, 5.41) is 8.95. The molecule has 1 heterocycles. The van der Waals surface area contributed by atoms with Crippen molar-refractivity contribution in [1.29, 1.82) is 0 Å². The monoisotopic (exact) mass is 264 g/mol. The minimum atomic E-state index is -0.517. The highest BCUT2D eigenvalue weighted by molar-refractivity contribution is 7.17. The Balaban J connectivity index is 2.34. The largest absolute Gasteiger partial charge is 0.459 e. The zero-order chi connectivity index (χ0) is 13.0. The first kappa shape index (κ1) is 12.5. The minimum absolute atomic E-state index is 0.0368. The van der Waals surface area contributed by atoms with E-state index in [4.69, 9.17) is 15.6 Å². The summed E-state index contributed by atoms with van der Waals surface area (Å²) in [6, 6.07) is 9.28. The highest BCUT2D eigenvalue weighted by atomic mass is 32.1. The van der Waals surface area contributed by atoms with Gasteiger partial charge in [-0.05, 0) is 0 Å². The molecule has 0 spiro atoms. The number of rotatable bonds is 4. The molecule has 0 bridgehead atoms. The van der Waals surface area contributed by atoms with Crippen LogP contribution < -0.4 is 5.73 Å². The molecule has 2 rings (SSSR count). The van der Waals surface area contributed by atoms with Crippen molar-refractivity contribution >= 4 is 22.4 Å². The fourth-order valence-corrected chi connectivity index (χ4v) is 2.22. The van der Waals surface area contributed by atoms with E-state index < -0.39 is 5.97 Å². The highest BCUT2D eigenvalue weighted by Gasteiger charge is 2.19. The third-order valence-corrected chi connectivity index (χ3v) is 3.07. The predicted molar refractivity (Wildman–Crippen MR) is 69.3 cm³/mol. The molecule has 0 amide bonds. The number of esters is 1. The molecule has 0 aliphatic heterocycles. The van der Waals surface area contributed by atoms with E-state index in [1.807, 2.05) is 30.3 Å². The van der Waals surface area contributed by atoms with Crippen LogP contribution in [0.4, 0.5) is 5.13 Å². The van der Waals surface area contributed by atoms with Crippen molar-refractivity contribution in [3.8, 4) is 11.3 Å². The SMILES string of the molecule is Nc1nc(-c2ccccc2)c(C(=O)OCCO)s1. The average molecular weight is 264 g/mol. The first-order valence-electron chi connectivity index (χ1n) is 5.32. The maximum atomic E-state index is 11.8. The lowest BCUT2D eigenvalue weighted by molar-refractivity contribution is 0.0440. The van der Waals surface area contributed by atoms with Gasteiger partial charge in [-0.15, -0.1) is 0 Å². The number of nitrogens with two attached hydrogens (primary N) is 1. The summed E-state index contributed by atoms with van der Waals surface area (Å²) >= 11 is 1.08. The van der Waals surface area contributed by atoms with Gasteiger partial charge in [-0.3, -0.25) is 0 Å². The number of nitrogens with zero attached hydrogens (tertiary/aromatic N) is 1. The summed E-state index contributed by atoms with van der Waals surface area (Å²) in [4.78, 5) is 16.3. The lowest BCUT2D eigenvalue weighted by Gasteiger charge is -2.02. The molecule has 3 N–H and O–H groups in total. The molecule has 1 aromatic carbocycles. The molecule has 0 radical (unpaired) electrons. The number of carbonyl (C=O) groups excluding carboxylic acids is 1. The van der Waals surface area contributed by atoms with Crippen molar-refractivity contribution in [2.75, 3.05) is 18.9 Å². The quantitative estimate of drug-likeness (QED) is 0.818. The van der Waals surface area contributed by atoms with Gasteiger partial charge in [0.1, 0.15) is 11.5 Å². The first-order chi connectivity index (χ1) is 8.72. The molecule has 0 aliphatic rings. The second-order valence-electron chi connectivity index (χ2n) is 3.46. The molecule has 0 fully saturated rings. The number of carbonyl (C=O) groups is 1. The predicted octanol–water partition coefficient (Wildman–Crippen LogP) is 1.54. The summed E-state index contributed by atoms with van der Waals surface area (Å²) < 4.78 is 4.88. The molecule has 5 nitrogen and oxygen atoms in total. The molecule has 0 saturated heterocycles. The van der Waals surface area contributed by atoms with Gasteiger partial charge in [0.05, 0.1) is 12.3 Å². The van der Waals surface area contributed by atoms with Crippen LogP contribution in [0.1, 0.15) is 9.67 Å². The van der Waals surface area contributed by atoms with Gasteiger partial charge in [0, 0.05) is 5.56 Å². The minimum Gasteiger partial charge on any atom is -0.459 e. The smallest absolute Gasteiger partial charge is 0.350 e. The van der Waals surface area contributed by atoms with Crippen LogP contribution in [-0.2, 0) is 4.74 Å². The molecular formula is C12H12N2O3S. The van der Waals surface area contributed by atoms with Crippen LogP contribution in [0.2, 0.25) is 0 Å². The van der Waals surface area contributed by atoms with E-state index in [-0.39, 0.29) is 13.2 Å². The molecule has 2 aromatic rings. The van der Waals surface area contributed by atoms with Crippen LogP contribution in [-0.4, -0.2) is 29.3 Å². The average Bonchev–Trinajstić information content (AvgIpc) is 2.79. The molecule has 0 atom stereocenters. The van der Waals surface area contributed by atoms with Crippen molar-refractivity contribution < 1.29 is 14.6 Å². The Morgan fingerprint density at radius 3 is 2.78 bits per heavy atom. The van der Waals surface area contributed by atoms with Crippen molar-refractivity contribution in [2.24, 2.45) is 0 Å². The van der Waals surface area contributed by atoms with Gasteiger partial charge in [0.15, 0.2) is 5.13 Å². The van der Waals surface area contributed by atoms with Crippen LogP contribution in [0.15, 0.2) is 30.3 Å². The number of anilines is 1. The van der Waals surface area contributed by atoms with Gasteiger partial charge in [-0.25, -0.2) is 9.78 Å². The zero-order valence-electron chi connectivity index (χ0n) is 9.50. The van der Waals surface area contributed by atoms with Gasteiger partial charge in [0.2, 0.25) is 0 Å². The maximum absolute atomic E-state index is 11.8. The van der Waals surface area contributed by atoms with Gasteiger partial charge in [-0.1, -0.05) is 41.7 Å². The zero-order valence-corrected chi connectivity index (χ0v) is 10.3. The third kappa shape index (κ3) is 2.66. The van der Waals surface area contributed by atoms with Crippen LogP contribution in [0, 0.1) is 0 Å². The number of aliphatic hydroxyl groups is 1. The second kappa shape index (κ2) is 5.61. The van der Waals surface area contributed by atoms with E-state index in [9.17, 15) is 4.79 Å². The van der Waals surface area contributed by atoms with Gasteiger partial charge < -0.3 is 15.6 Å². The van der Waals surface area contributed by atoms with E-state index in [0.717, 1.165) is 16.9 Å². The number of nitrogen functional groups attached to an aromatic ring is 1. The van der Waals surface area contributed by atoms with Crippen molar-refractivity contribution in [2.45, 2.75) is 0 Å². The second-order valence-corrected chi connectivity index (χ2v) is 4.49. The Morgan fingerprint density at radius 1 is 1.39 bits per heavy atom. The Kier molecular flexibility index (Phi) is 3.91. The fraction of sp³-hybridized carbons (Fsp3) is 0.167. The van der Waals surface area contributed by atoms with Gasteiger partial charge in [-0.2, -0.15) is 0 Å².